The van der Waals surface area contributed by atoms with E-state index in [-0.39, 0.29) is 91.7 Å². The lowest BCUT2D eigenvalue weighted by atomic mass is 9.73. The van der Waals surface area contributed by atoms with Gasteiger partial charge in [0.25, 0.3) is 0 Å². The van der Waals surface area contributed by atoms with E-state index in [2.05, 4.69) is 30.5 Å². The van der Waals surface area contributed by atoms with E-state index in [4.69, 9.17) is 4.74 Å². The second-order valence-corrected chi connectivity index (χ2v) is 22.9. The molecule has 332 valence electrons. The van der Waals surface area contributed by atoms with E-state index in [1.165, 1.54) is 4.31 Å². The van der Waals surface area contributed by atoms with Crippen molar-refractivity contribution in [3.63, 3.8) is 0 Å². The molecule has 2 N–H and O–H groups in total. The summed E-state index contributed by atoms with van der Waals surface area (Å²) < 4.78 is 48.7. The fourth-order valence-corrected chi connectivity index (χ4v) is 13.0. The summed E-state index contributed by atoms with van der Waals surface area (Å²) in [7, 11) is -4.18. The van der Waals surface area contributed by atoms with E-state index in [1.54, 1.807) is 11.0 Å². The molecule has 0 aromatic carbocycles. The molecule has 15 heteroatoms. The number of likely N-dealkylation sites (tertiary alicyclic amines) is 2. The minimum absolute atomic E-state index is 0.0120. The van der Waals surface area contributed by atoms with Crippen LogP contribution in [0.5, 0.6) is 0 Å². The predicted molar refractivity (Wildman–Crippen MR) is 222 cm³/mol. The molecule has 3 aliphatic carbocycles. The predicted octanol–water partition coefficient (Wildman–Crippen LogP) is 4.60. The van der Waals surface area contributed by atoms with Crippen molar-refractivity contribution >= 4 is 39.5 Å². The Balaban J connectivity index is 1.26. The third-order valence-electron chi connectivity index (χ3n) is 15.9. The van der Waals surface area contributed by atoms with Gasteiger partial charge >= 0.3 is 10.2 Å². The Morgan fingerprint density at radius 1 is 0.915 bits per heavy atom. The number of hydrogen-bond acceptors (Lipinski definition) is 9. The van der Waals surface area contributed by atoms with Gasteiger partial charge in [-0.2, -0.15) is 12.7 Å². The number of ketones is 2. The molecule has 6 rings (SSSR count). The van der Waals surface area contributed by atoms with Gasteiger partial charge in [0, 0.05) is 50.4 Å². The van der Waals surface area contributed by atoms with Crippen molar-refractivity contribution in [1.29, 1.82) is 0 Å². The molecule has 6 fully saturated rings. The number of fused-ring (bicyclic) bond motifs is 1. The standard InChI is InChI=1S/C44H70FN5O8S/c1-10-29-25-42(29,38(55)47-59(56,57)49-20-22-58-23-21-49)27-34(52)32-26-44(41(8,9)43(44)15-13-16-43)28-50(32)37(54)30(39(2,3)4)24-33(51)35(40(5,6)7)46-36(53)31-14-11-12-18-48(31)19-17-45/h10,29-32,35H,1,11-28H2,2-9H3,(H,46,53)(H,47,55)/t29-,30-,31+,32+,35-,42-,44-/m1/s1. The number of amides is 3. The van der Waals surface area contributed by atoms with Gasteiger partial charge in [-0.1, -0.05) is 74.3 Å². The molecule has 3 saturated heterocycles. The molecule has 3 heterocycles. The molecule has 0 bridgehead atoms. The molecule has 13 nitrogen and oxygen atoms in total. The van der Waals surface area contributed by atoms with Crippen LogP contribution < -0.4 is 10.0 Å². The van der Waals surface area contributed by atoms with Gasteiger partial charge in [-0.3, -0.25) is 28.9 Å². The second kappa shape index (κ2) is 16.2. The van der Waals surface area contributed by atoms with Crippen LogP contribution in [-0.2, 0) is 38.9 Å². The van der Waals surface area contributed by atoms with E-state index in [0.29, 0.717) is 25.9 Å². The lowest BCUT2D eigenvalue weighted by Gasteiger charge is -2.39. The molecule has 3 saturated carbocycles. The number of rotatable bonds is 15. The largest absolute Gasteiger partial charge is 0.379 e. The van der Waals surface area contributed by atoms with Gasteiger partial charge in [-0.15, -0.1) is 6.58 Å². The molecule has 59 heavy (non-hydrogen) atoms. The first-order valence-corrected chi connectivity index (χ1v) is 23.4. The average molecular weight is 848 g/mol. The Morgan fingerprint density at radius 3 is 2.10 bits per heavy atom. The highest BCUT2D eigenvalue weighted by atomic mass is 32.2. The van der Waals surface area contributed by atoms with Crippen LogP contribution in [-0.4, -0.2) is 123 Å². The molecular formula is C44H70FN5O8S. The summed E-state index contributed by atoms with van der Waals surface area (Å²) in [5, 5.41) is 3.03. The van der Waals surface area contributed by atoms with Crippen LogP contribution in [0.3, 0.4) is 0 Å². The zero-order valence-electron chi connectivity index (χ0n) is 36.8. The van der Waals surface area contributed by atoms with Gasteiger partial charge in [0.05, 0.1) is 36.8 Å². The summed E-state index contributed by atoms with van der Waals surface area (Å²) in [6, 6.07) is -2.32. The summed E-state index contributed by atoms with van der Waals surface area (Å²) in [5.41, 5.74) is -3.19. The number of carbonyl (C=O) groups is 5. The number of alkyl halides is 1. The van der Waals surface area contributed by atoms with Gasteiger partial charge in [0.2, 0.25) is 17.7 Å². The summed E-state index contributed by atoms with van der Waals surface area (Å²) in [6.07, 6.45) is 7.26. The van der Waals surface area contributed by atoms with E-state index in [0.717, 1.165) is 32.1 Å². The topological polar surface area (TPSA) is 162 Å². The maximum absolute atomic E-state index is 15.2. The maximum atomic E-state index is 15.2. The number of allylic oxidation sites excluding steroid dienone is 1. The summed E-state index contributed by atoms with van der Waals surface area (Å²) in [5.74, 6) is -3.19. The van der Waals surface area contributed by atoms with Gasteiger partial charge in [-0.05, 0) is 72.6 Å². The highest BCUT2D eigenvalue weighted by molar-refractivity contribution is 7.87. The molecule has 7 atom stereocenters. The van der Waals surface area contributed by atoms with Crippen LogP contribution in [0.1, 0.15) is 120 Å². The van der Waals surface area contributed by atoms with Crippen molar-refractivity contribution in [2.45, 2.75) is 138 Å². The Kier molecular flexibility index (Phi) is 12.6. The number of nitrogens with zero attached hydrogens (tertiary/aromatic N) is 3. The summed E-state index contributed by atoms with van der Waals surface area (Å²) >= 11 is 0. The Morgan fingerprint density at radius 2 is 1.58 bits per heavy atom. The zero-order chi connectivity index (χ0) is 43.6. The van der Waals surface area contributed by atoms with Crippen LogP contribution in [0.4, 0.5) is 4.39 Å². The van der Waals surface area contributed by atoms with Crippen LogP contribution in [0.25, 0.3) is 0 Å². The molecular weight excluding hydrogens is 778 g/mol. The van der Waals surface area contributed by atoms with Crippen molar-refractivity contribution in [1.82, 2.24) is 24.1 Å². The molecule has 0 radical (unpaired) electrons. The van der Waals surface area contributed by atoms with Gasteiger partial charge in [0.1, 0.15) is 6.67 Å². The van der Waals surface area contributed by atoms with Crippen molar-refractivity contribution in [2.75, 3.05) is 52.6 Å². The normalized spacial score (nSPS) is 31.5. The fraction of sp³-hybridized carbons (Fsp3) is 0.841. The quantitative estimate of drug-likeness (QED) is 0.225. The number of piperidine rings is 1. The molecule has 0 aromatic heterocycles. The average Bonchev–Trinajstić information content (AvgIpc) is 3.87. The van der Waals surface area contributed by atoms with E-state index in [9.17, 15) is 32.0 Å². The SMILES string of the molecule is C=C[C@@H]1C[C@]1(CC(=O)[C@@H]1C[C@@]2(CN1C(=O)[C@@H](CC(=O)[C@@H](NC(=O)[C@@H]1CCCCN1CCF)C(C)(C)C)C(C)(C)C)C(C)(C)C21CCC1)C(=O)NS(=O)(=O)N1CCOCC1. The number of Topliss-reactive ketones (excluding diaryl/α,β-unsaturated/α-hetero) is 2. The third kappa shape index (κ3) is 8.08. The van der Waals surface area contributed by atoms with Crippen LogP contribution >= 0.6 is 0 Å². The van der Waals surface area contributed by atoms with E-state index < -0.39 is 69.0 Å². The lowest BCUT2D eigenvalue weighted by Crippen LogP contribution is -2.57. The van der Waals surface area contributed by atoms with Crippen LogP contribution in [0, 0.1) is 44.3 Å². The third-order valence-corrected chi connectivity index (χ3v) is 17.4. The molecule has 6 aliphatic rings. The Hall–Kier alpha value is -2.75. The zero-order valence-corrected chi connectivity index (χ0v) is 37.6. The first-order chi connectivity index (χ1) is 27.4. The number of nitrogens with one attached hydrogen (secondary N) is 2. The van der Waals surface area contributed by atoms with E-state index in [1.807, 2.05) is 46.4 Å². The van der Waals surface area contributed by atoms with Crippen molar-refractivity contribution in [3.8, 4) is 0 Å². The second-order valence-electron chi connectivity index (χ2n) is 21.3. The van der Waals surface area contributed by atoms with E-state index >= 15 is 4.79 Å². The maximum Gasteiger partial charge on any atom is 0.303 e. The number of morpholine rings is 1. The molecule has 2 spiro atoms. The minimum Gasteiger partial charge on any atom is -0.379 e. The minimum atomic E-state index is -4.18. The van der Waals surface area contributed by atoms with Crippen molar-refractivity contribution in [3.05, 3.63) is 12.7 Å². The Labute approximate surface area is 351 Å². The summed E-state index contributed by atoms with van der Waals surface area (Å²) in [4.78, 5) is 75.9. The van der Waals surface area contributed by atoms with Crippen molar-refractivity contribution in [2.24, 2.45) is 44.3 Å². The highest BCUT2D eigenvalue weighted by Crippen LogP contribution is 2.88. The highest BCUT2D eigenvalue weighted by Gasteiger charge is 2.85. The monoisotopic (exact) mass is 847 g/mol. The number of carbonyl (C=O) groups excluding carboxylic acids is 5. The first-order valence-electron chi connectivity index (χ1n) is 21.9. The molecule has 0 unspecified atom stereocenters. The number of hydrogen-bond donors (Lipinski definition) is 2. The Bertz CT molecular complexity index is 1800. The first kappa shape index (κ1) is 45.8. The lowest BCUT2D eigenvalue weighted by molar-refractivity contribution is -0.147. The van der Waals surface area contributed by atoms with Crippen LogP contribution in [0.2, 0.25) is 0 Å². The van der Waals surface area contributed by atoms with Gasteiger partial charge in [0.15, 0.2) is 11.6 Å². The number of ether oxygens (including phenoxy) is 1. The summed E-state index contributed by atoms with van der Waals surface area (Å²) in [6.45, 7) is 20.9. The smallest absolute Gasteiger partial charge is 0.303 e. The van der Waals surface area contributed by atoms with Gasteiger partial charge < -0.3 is 15.0 Å². The van der Waals surface area contributed by atoms with Gasteiger partial charge in [-0.25, -0.2) is 9.11 Å². The molecule has 3 amide bonds. The fourth-order valence-electron chi connectivity index (χ4n) is 11.8. The molecule has 3 aliphatic heterocycles. The van der Waals surface area contributed by atoms with Crippen LogP contribution in [0.15, 0.2) is 12.7 Å². The van der Waals surface area contributed by atoms with Crippen molar-refractivity contribution < 1.29 is 41.5 Å². The number of halogens is 1. The molecule has 0 aromatic rings.